The highest BCUT2D eigenvalue weighted by Crippen LogP contribution is 2.30. The molecule has 2 rings (SSSR count). The maximum atomic E-state index is 10.7. The van der Waals surface area contributed by atoms with Gasteiger partial charge in [-0.25, -0.2) is 0 Å². The zero-order valence-electron chi connectivity index (χ0n) is 10.0. The van der Waals surface area contributed by atoms with Crippen LogP contribution in [-0.4, -0.2) is 9.91 Å². The zero-order valence-corrected chi connectivity index (χ0v) is 10.0. The Morgan fingerprint density at radius 1 is 1.37 bits per heavy atom. The average Bonchev–Trinajstić information content (AvgIpc) is 2.41. The van der Waals surface area contributed by atoms with Crippen LogP contribution in [-0.2, 0) is 0 Å². The molecule has 6 heteroatoms. The molecule has 0 aliphatic carbocycles. The van der Waals surface area contributed by atoms with Gasteiger partial charge in [0.15, 0.2) is 5.75 Å². The van der Waals surface area contributed by atoms with E-state index in [1.807, 2.05) is 6.07 Å². The van der Waals surface area contributed by atoms with E-state index in [2.05, 4.69) is 4.98 Å². The van der Waals surface area contributed by atoms with Gasteiger partial charge in [0.05, 0.1) is 22.7 Å². The standard InChI is InChI=1S/C13H9N3O3/c1-9-2-3-11(16(17)18)6-12(9)19-13-8-15-5-4-10(13)7-14/h2-6,8H,1H3. The van der Waals surface area contributed by atoms with Gasteiger partial charge >= 0.3 is 0 Å². The Bertz CT molecular complexity index is 677. The van der Waals surface area contributed by atoms with E-state index in [0.717, 1.165) is 5.56 Å². The number of benzene rings is 1. The summed E-state index contributed by atoms with van der Waals surface area (Å²) in [5, 5.41) is 19.7. The molecule has 1 aromatic heterocycles. The normalized spacial score (nSPS) is 9.68. The fourth-order valence-electron chi connectivity index (χ4n) is 1.48. The Hall–Kier alpha value is -2.94. The van der Waals surface area contributed by atoms with Crippen LogP contribution in [0, 0.1) is 28.4 Å². The molecular formula is C13H9N3O3. The lowest BCUT2D eigenvalue weighted by Gasteiger charge is -2.08. The number of non-ortho nitro benzene ring substituents is 1. The zero-order chi connectivity index (χ0) is 13.8. The molecule has 0 saturated heterocycles. The van der Waals surface area contributed by atoms with Gasteiger partial charge in [-0.2, -0.15) is 5.26 Å². The van der Waals surface area contributed by atoms with Crippen LogP contribution in [0.2, 0.25) is 0 Å². The lowest BCUT2D eigenvalue weighted by molar-refractivity contribution is -0.384. The number of nitro benzene ring substituents is 1. The van der Waals surface area contributed by atoms with E-state index in [4.69, 9.17) is 10.00 Å². The molecule has 0 saturated carbocycles. The summed E-state index contributed by atoms with van der Waals surface area (Å²) in [6.07, 6.45) is 2.88. The van der Waals surface area contributed by atoms with E-state index in [1.54, 1.807) is 13.0 Å². The molecule has 0 spiro atoms. The van der Waals surface area contributed by atoms with Crippen LogP contribution in [0.4, 0.5) is 5.69 Å². The summed E-state index contributed by atoms with van der Waals surface area (Å²) >= 11 is 0. The van der Waals surface area contributed by atoms with Gasteiger partial charge in [0.25, 0.3) is 5.69 Å². The second kappa shape index (κ2) is 5.14. The van der Waals surface area contributed by atoms with Gasteiger partial charge in [-0.05, 0) is 24.6 Å². The minimum absolute atomic E-state index is 0.0667. The number of pyridine rings is 1. The highest BCUT2D eigenvalue weighted by Gasteiger charge is 2.12. The highest BCUT2D eigenvalue weighted by atomic mass is 16.6. The number of rotatable bonds is 3. The van der Waals surface area contributed by atoms with Gasteiger partial charge in [-0.3, -0.25) is 15.1 Å². The number of nitro groups is 1. The molecule has 0 atom stereocenters. The molecule has 19 heavy (non-hydrogen) atoms. The lowest BCUT2D eigenvalue weighted by atomic mass is 10.2. The van der Waals surface area contributed by atoms with Crippen molar-refractivity contribution >= 4 is 5.69 Å². The van der Waals surface area contributed by atoms with Crippen molar-refractivity contribution < 1.29 is 9.66 Å². The van der Waals surface area contributed by atoms with Crippen LogP contribution in [0.15, 0.2) is 36.7 Å². The molecule has 0 fully saturated rings. The number of hydrogen-bond donors (Lipinski definition) is 0. The van der Waals surface area contributed by atoms with E-state index in [-0.39, 0.29) is 11.4 Å². The Kier molecular flexibility index (Phi) is 3.39. The first kappa shape index (κ1) is 12.5. The van der Waals surface area contributed by atoms with Gasteiger partial charge in [-0.1, -0.05) is 0 Å². The van der Waals surface area contributed by atoms with Crippen molar-refractivity contribution in [2.24, 2.45) is 0 Å². The van der Waals surface area contributed by atoms with E-state index >= 15 is 0 Å². The minimum atomic E-state index is -0.499. The smallest absolute Gasteiger partial charge is 0.273 e. The molecular weight excluding hydrogens is 246 g/mol. The van der Waals surface area contributed by atoms with Crippen LogP contribution >= 0.6 is 0 Å². The largest absolute Gasteiger partial charge is 0.454 e. The van der Waals surface area contributed by atoms with Gasteiger partial charge in [0, 0.05) is 12.3 Å². The second-order valence-electron chi connectivity index (χ2n) is 3.79. The van der Waals surface area contributed by atoms with Crippen molar-refractivity contribution in [3.05, 3.63) is 57.9 Å². The quantitative estimate of drug-likeness (QED) is 0.621. The van der Waals surface area contributed by atoms with Gasteiger partial charge in [0.2, 0.25) is 0 Å². The summed E-state index contributed by atoms with van der Waals surface area (Å²) in [5.74, 6) is 0.604. The molecule has 0 bridgehead atoms. The minimum Gasteiger partial charge on any atom is -0.454 e. The molecule has 1 aromatic carbocycles. The summed E-state index contributed by atoms with van der Waals surface area (Å²) in [6.45, 7) is 1.77. The Balaban J connectivity index is 2.41. The molecule has 6 nitrogen and oxygen atoms in total. The maximum Gasteiger partial charge on any atom is 0.273 e. The fourth-order valence-corrected chi connectivity index (χ4v) is 1.48. The van der Waals surface area contributed by atoms with Gasteiger partial charge in [0.1, 0.15) is 11.8 Å². The summed E-state index contributed by atoms with van der Waals surface area (Å²) in [6, 6.07) is 7.81. The number of hydrogen-bond acceptors (Lipinski definition) is 5. The van der Waals surface area contributed by atoms with Crippen molar-refractivity contribution in [3.8, 4) is 17.6 Å². The predicted molar refractivity (Wildman–Crippen MR) is 66.9 cm³/mol. The van der Waals surface area contributed by atoms with Crippen LogP contribution in [0.1, 0.15) is 11.1 Å². The molecule has 0 amide bonds. The van der Waals surface area contributed by atoms with E-state index < -0.39 is 4.92 Å². The third-order valence-corrected chi connectivity index (χ3v) is 2.51. The maximum absolute atomic E-state index is 10.7. The number of aromatic nitrogens is 1. The Morgan fingerprint density at radius 2 is 2.16 bits per heavy atom. The summed E-state index contributed by atoms with van der Waals surface area (Å²) < 4.78 is 5.53. The van der Waals surface area contributed by atoms with Gasteiger partial charge in [-0.15, -0.1) is 0 Å². The number of nitriles is 1. The van der Waals surface area contributed by atoms with Gasteiger partial charge < -0.3 is 4.74 Å². The Morgan fingerprint density at radius 3 is 2.84 bits per heavy atom. The monoisotopic (exact) mass is 255 g/mol. The molecule has 0 unspecified atom stereocenters. The van der Waals surface area contributed by atoms with Crippen molar-refractivity contribution in [1.29, 1.82) is 5.26 Å². The van der Waals surface area contributed by atoms with Crippen LogP contribution in [0.5, 0.6) is 11.5 Å². The highest BCUT2D eigenvalue weighted by molar-refractivity contribution is 5.48. The fraction of sp³-hybridized carbons (Fsp3) is 0.0769. The van der Waals surface area contributed by atoms with Crippen LogP contribution in [0.3, 0.4) is 0 Å². The lowest BCUT2D eigenvalue weighted by Crippen LogP contribution is -1.94. The predicted octanol–water partition coefficient (Wildman–Crippen LogP) is 2.96. The van der Waals surface area contributed by atoms with Crippen molar-refractivity contribution in [2.75, 3.05) is 0 Å². The average molecular weight is 255 g/mol. The molecule has 0 aliphatic heterocycles. The number of nitrogens with zero attached hydrogens (tertiary/aromatic N) is 3. The number of aryl methyl sites for hydroxylation is 1. The summed E-state index contributed by atoms with van der Waals surface area (Å²) in [7, 11) is 0. The van der Waals surface area contributed by atoms with Crippen molar-refractivity contribution in [3.63, 3.8) is 0 Å². The molecule has 0 aliphatic rings. The topological polar surface area (TPSA) is 89.1 Å². The molecule has 1 heterocycles. The summed E-state index contributed by atoms with van der Waals surface area (Å²) in [4.78, 5) is 14.1. The van der Waals surface area contributed by atoms with E-state index in [0.29, 0.717) is 11.3 Å². The van der Waals surface area contributed by atoms with Crippen molar-refractivity contribution in [2.45, 2.75) is 6.92 Å². The third kappa shape index (κ3) is 2.66. The molecule has 2 aromatic rings. The molecule has 0 N–H and O–H groups in total. The Labute approximate surface area is 109 Å². The SMILES string of the molecule is Cc1ccc([N+](=O)[O-])cc1Oc1cnccc1C#N. The third-order valence-electron chi connectivity index (χ3n) is 2.51. The first-order valence-corrected chi connectivity index (χ1v) is 5.39. The van der Waals surface area contributed by atoms with Crippen molar-refractivity contribution in [1.82, 2.24) is 4.98 Å². The first-order valence-electron chi connectivity index (χ1n) is 5.39. The molecule has 94 valence electrons. The number of ether oxygens (including phenoxy) is 1. The summed E-state index contributed by atoms with van der Waals surface area (Å²) in [5.41, 5.74) is 0.988. The van der Waals surface area contributed by atoms with E-state index in [9.17, 15) is 10.1 Å². The molecule has 0 radical (unpaired) electrons. The second-order valence-corrected chi connectivity index (χ2v) is 3.79. The van der Waals surface area contributed by atoms with Crippen LogP contribution < -0.4 is 4.74 Å². The van der Waals surface area contributed by atoms with Crippen LogP contribution in [0.25, 0.3) is 0 Å². The van der Waals surface area contributed by atoms with E-state index in [1.165, 1.54) is 30.6 Å². The first-order chi connectivity index (χ1) is 9.11.